The van der Waals surface area contributed by atoms with Crippen LogP contribution in [0, 0.1) is 0 Å². The van der Waals surface area contributed by atoms with Gasteiger partial charge in [-0.05, 0) is 42.8 Å². The van der Waals surface area contributed by atoms with Gasteiger partial charge in [0.05, 0.1) is 39.7 Å². The zero-order chi connectivity index (χ0) is 20.6. The highest BCUT2D eigenvalue weighted by Crippen LogP contribution is 2.35. The van der Waals surface area contributed by atoms with Crippen LogP contribution in [0.5, 0.6) is 11.5 Å². The molecule has 1 amide bonds. The molecule has 2 aromatic rings. The normalized spacial score (nSPS) is 15.1. The molecule has 0 spiro atoms. The number of hydrazone groups is 1. The lowest BCUT2D eigenvalue weighted by Crippen LogP contribution is -2.21. The van der Waals surface area contributed by atoms with Gasteiger partial charge in [-0.2, -0.15) is 10.1 Å². The van der Waals surface area contributed by atoms with Gasteiger partial charge in [-0.3, -0.25) is 4.79 Å². The number of hydrogen-bond acceptors (Lipinski definition) is 5. The number of carboxylic acid groups (broad SMARTS) is 1. The summed E-state index contributed by atoms with van der Waals surface area (Å²) in [6.45, 7) is 1.64. The molecule has 0 fully saturated rings. The lowest BCUT2D eigenvalue weighted by atomic mass is 10.1. The van der Waals surface area contributed by atoms with Crippen LogP contribution >= 0.6 is 23.2 Å². The van der Waals surface area contributed by atoms with Gasteiger partial charge in [0.25, 0.3) is 5.91 Å². The molecule has 1 heterocycles. The Bertz CT molecular complexity index is 1060. The number of phenols is 1. The van der Waals surface area contributed by atoms with Gasteiger partial charge in [-0.25, -0.2) is 4.79 Å². The standard InChI is InChI=1S/C19H14Cl2N2O5/c1-9-12(5-10-6-17(28-2)16(24)8-15(10)21)18(25)23(22-9)11-3-4-14(20)13(7-11)19(26)27/h3-8,24H,1-2H3,(H,26,27)/b12-5-. The largest absolute Gasteiger partial charge is 0.504 e. The number of ether oxygens (including phenoxy) is 1. The topological polar surface area (TPSA) is 99.4 Å². The Morgan fingerprint density at radius 3 is 2.57 bits per heavy atom. The molecule has 0 bridgehead atoms. The van der Waals surface area contributed by atoms with E-state index < -0.39 is 11.9 Å². The maximum absolute atomic E-state index is 12.9. The molecule has 0 radical (unpaired) electrons. The first-order valence-electron chi connectivity index (χ1n) is 7.94. The molecular weight excluding hydrogens is 407 g/mol. The first-order valence-corrected chi connectivity index (χ1v) is 8.69. The fourth-order valence-corrected chi connectivity index (χ4v) is 3.07. The van der Waals surface area contributed by atoms with E-state index in [0.717, 1.165) is 5.01 Å². The number of hydrogen-bond donors (Lipinski definition) is 2. The Kier molecular flexibility index (Phi) is 5.31. The van der Waals surface area contributed by atoms with E-state index >= 15 is 0 Å². The minimum Gasteiger partial charge on any atom is -0.504 e. The maximum Gasteiger partial charge on any atom is 0.337 e. The lowest BCUT2D eigenvalue weighted by molar-refractivity contribution is -0.114. The van der Waals surface area contributed by atoms with Crippen LogP contribution in [0.25, 0.3) is 6.08 Å². The molecule has 1 aliphatic heterocycles. The molecule has 0 aliphatic carbocycles. The third-order valence-corrected chi connectivity index (χ3v) is 4.74. The molecule has 1 aliphatic rings. The summed E-state index contributed by atoms with van der Waals surface area (Å²) in [6.07, 6.45) is 1.53. The zero-order valence-electron chi connectivity index (χ0n) is 14.7. The highest BCUT2D eigenvalue weighted by Gasteiger charge is 2.30. The van der Waals surface area contributed by atoms with Crippen molar-refractivity contribution in [2.24, 2.45) is 5.10 Å². The second kappa shape index (κ2) is 7.53. The first-order chi connectivity index (χ1) is 13.2. The van der Waals surface area contributed by atoms with Crippen LogP contribution in [0.15, 0.2) is 41.0 Å². The molecule has 2 aromatic carbocycles. The highest BCUT2D eigenvalue weighted by molar-refractivity contribution is 6.35. The van der Waals surface area contributed by atoms with Crippen LogP contribution in [-0.4, -0.2) is 34.9 Å². The molecule has 2 N–H and O–H groups in total. The van der Waals surface area contributed by atoms with Gasteiger partial charge in [-0.15, -0.1) is 0 Å². The van der Waals surface area contributed by atoms with Crippen LogP contribution in [0.1, 0.15) is 22.8 Å². The summed E-state index contributed by atoms with van der Waals surface area (Å²) in [7, 11) is 1.40. The van der Waals surface area contributed by atoms with Crippen molar-refractivity contribution in [1.82, 2.24) is 0 Å². The fourth-order valence-electron chi connectivity index (χ4n) is 2.66. The van der Waals surface area contributed by atoms with Crippen molar-refractivity contribution in [1.29, 1.82) is 0 Å². The van der Waals surface area contributed by atoms with E-state index in [1.165, 1.54) is 43.5 Å². The van der Waals surface area contributed by atoms with Crippen LogP contribution in [0.3, 0.4) is 0 Å². The van der Waals surface area contributed by atoms with Gasteiger partial charge in [0, 0.05) is 6.07 Å². The van der Waals surface area contributed by atoms with Crippen LogP contribution < -0.4 is 9.75 Å². The molecule has 0 saturated carbocycles. The summed E-state index contributed by atoms with van der Waals surface area (Å²) >= 11 is 12.0. The van der Waals surface area contributed by atoms with Crippen molar-refractivity contribution in [3.8, 4) is 11.5 Å². The van der Waals surface area contributed by atoms with Gasteiger partial charge in [-0.1, -0.05) is 23.2 Å². The Morgan fingerprint density at radius 2 is 1.93 bits per heavy atom. The van der Waals surface area contributed by atoms with Crippen LogP contribution in [0.4, 0.5) is 5.69 Å². The SMILES string of the molecule is COc1cc(/C=C2\C(=O)N(c3ccc(Cl)c(C(=O)O)c3)N=C2C)c(Cl)cc1O. The maximum atomic E-state index is 12.9. The molecule has 0 aromatic heterocycles. The predicted molar refractivity (Wildman–Crippen MR) is 107 cm³/mol. The number of carboxylic acids is 1. The number of halogens is 2. The lowest BCUT2D eigenvalue weighted by Gasteiger charge is -2.13. The minimum atomic E-state index is -1.21. The molecule has 28 heavy (non-hydrogen) atoms. The Balaban J connectivity index is 2.01. The van der Waals surface area contributed by atoms with E-state index in [1.54, 1.807) is 6.92 Å². The molecule has 144 valence electrons. The van der Waals surface area contributed by atoms with Gasteiger partial charge in [0.15, 0.2) is 11.5 Å². The quantitative estimate of drug-likeness (QED) is 0.721. The summed E-state index contributed by atoms with van der Waals surface area (Å²) in [5.41, 5.74) is 1.27. The van der Waals surface area contributed by atoms with Crippen LogP contribution in [-0.2, 0) is 4.79 Å². The van der Waals surface area contributed by atoms with E-state index in [4.69, 9.17) is 27.9 Å². The minimum absolute atomic E-state index is 0.0577. The molecule has 0 saturated heterocycles. The van der Waals surface area contributed by atoms with E-state index in [1.807, 2.05) is 0 Å². The number of nitrogens with zero attached hydrogens (tertiary/aromatic N) is 2. The number of anilines is 1. The number of benzene rings is 2. The van der Waals surface area contributed by atoms with Crippen LogP contribution in [0.2, 0.25) is 10.0 Å². The van der Waals surface area contributed by atoms with E-state index in [2.05, 4.69) is 5.10 Å². The Labute approximate surface area is 170 Å². The molecule has 9 heteroatoms. The number of carbonyl (C=O) groups is 2. The summed E-state index contributed by atoms with van der Waals surface area (Å²) in [6, 6.07) is 6.98. The number of methoxy groups -OCH3 is 1. The van der Waals surface area contributed by atoms with Crippen molar-refractivity contribution in [3.05, 3.63) is 57.1 Å². The number of aromatic carboxylic acids is 1. The van der Waals surface area contributed by atoms with Crippen molar-refractivity contribution >= 4 is 52.6 Å². The van der Waals surface area contributed by atoms with E-state index in [-0.39, 0.29) is 38.4 Å². The molecule has 0 atom stereocenters. The third kappa shape index (κ3) is 3.54. The molecular formula is C19H14Cl2N2O5. The molecule has 3 rings (SSSR count). The van der Waals surface area contributed by atoms with Crippen molar-refractivity contribution in [3.63, 3.8) is 0 Å². The number of rotatable bonds is 4. The smallest absolute Gasteiger partial charge is 0.337 e. The third-order valence-electron chi connectivity index (χ3n) is 4.09. The Morgan fingerprint density at radius 1 is 1.21 bits per heavy atom. The number of phenolic OH excluding ortho intramolecular Hbond substituents is 1. The van der Waals surface area contributed by atoms with Crippen molar-refractivity contribution in [2.75, 3.05) is 12.1 Å². The predicted octanol–water partition coefficient (Wildman–Crippen LogP) is 4.21. The fraction of sp³-hybridized carbons (Fsp3) is 0.105. The number of carbonyl (C=O) groups excluding carboxylic acids is 1. The highest BCUT2D eigenvalue weighted by atomic mass is 35.5. The Hall–Kier alpha value is -3.03. The summed E-state index contributed by atoms with van der Waals surface area (Å²) in [4.78, 5) is 24.1. The summed E-state index contributed by atoms with van der Waals surface area (Å²) in [5.74, 6) is -1.59. The second-order valence-corrected chi connectivity index (χ2v) is 6.69. The van der Waals surface area contributed by atoms with E-state index in [9.17, 15) is 19.8 Å². The van der Waals surface area contributed by atoms with Gasteiger partial charge in [0.1, 0.15) is 0 Å². The number of aromatic hydroxyl groups is 1. The molecule has 7 nitrogen and oxygen atoms in total. The zero-order valence-corrected chi connectivity index (χ0v) is 16.2. The summed E-state index contributed by atoms with van der Waals surface area (Å²) in [5, 5.41) is 24.6. The second-order valence-electron chi connectivity index (χ2n) is 5.88. The first kappa shape index (κ1) is 19.7. The average molecular weight is 421 g/mol. The number of amides is 1. The van der Waals surface area contributed by atoms with Crippen molar-refractivity contribution in [2.45, 2.75) is 6.92 Å². The average Bonchev–Trinajstić information content (AvgIpc) is 2.92. The van der Waals surface area contributed by atoms with Gasteiger partial charge in [0.2, 0.25) is 0 Å². The van der Waals surface area contributed by atoms with E-state index in [0.29, 0.717) is 11.3 Å². The monoisotopic (exact) mass is 420 g/mol. The van der Waals surface area contributed by atoms with Gasteiger partial charge >= 0.3 is 5.97 Å². The molecule has 0 unspecified atom stereocenters. The van der Waals surface area contributed by atoms with Gasteiger partial charge < -0.3 is 14.9 Å². The summed E-state index contributed by atoms with van der Waals surface area (Å²) < 4.78 is 5.06. The van der Waals surface area contributed by atoms with Crippen molar-refractivity contribution < 1.29 is 24.5 Å².